The zero-order valence-corrected chi connectivity index (χ0v) is 16.3. The summed E-state index contributed by atoms with van der Waals surface area (Å²) in [7, 11) is 3.49. The van der Waals surface area contributed by atoms with Gasteiger partial charge in [0.15, 0.2) is 5.65 Å². The van der Waals surface area contributed by atoms with Crippen molar-refractivity contribution in [2.75, 3.05) is 27.3 Å². The Morgan fingerprint density at radius 2 is 2.00 bits per heavy atom. The monoisotopic (exact) mass is 366 g/mol. The number of benzene rings is 1. The van der Waals surface area contributed by atoms with Crippen molar-refractivity contribution in [2.45, 2.75) is 26.3 Å². The summed E-state index contributed by atoms with van der Waals surface area (Å²) in [6.45, 7) is 5.38. The molecule has 0 N–H and O–H groups in total. The van der Waals surface area contributed by atoms with Crippen LogP contribution in [0.1, 0.15) is 36.7 Å². The van der Waals surface area contributed by atoms with Crippen LogP contribution in [0, 0.1) is 0 Å². The molecule has 3 rings (SSSR count). The number of pyridine rings is 1. The molecular weight excluding hydrogens is 340 g/mol. The SMILES string of the molecule is COCCCN(C)C(=O)c1cc(-c2ccccc2)nc2c1cnn2C(C)C. The summed E-state index contributed by atoms with van der Waals surface area (Å²) in [5.74, 6) is -0.0287. The highest BCUT2D eigenvalue weighted by molar-refractivity contribution is 6.06. The molecule has 0 bridgehead atoms. The van der Waals surface area contributed by atoms with E-state index in [1.54, 1.807) is 18.2 Å². The Morgan fingerprint density at radius 3 is 2.67 bits per heavy atom. The third-order valence-electron chi connectivity index (χ3n) is 4.54. The van der Waals surface area contributed by atoms with E-state index in [1.807, 2.05) is 48.1 Å². The second-order valence-electron chi connectivity index (χ2n) is 6.91. The van der Waals surface area contributed by atoms with E-state index in [2.05, 4.69) is 18.9 Å². The predicted octanol–water partition coefficient (Wildman–Crippen LogP) is 3.79. The molecule has 27 heavy (non-hydrogen) atoms. The Balaban J connectivity index is 2.09. The largest absolute Gasteiger partial charge is 0.385 e. The van der Waals surface area contributed by atoms with Crippen LogP contribution in [0.5, 0.6) is 0 Å². The molecule has 2 aromatic heterocycles. The van der Waals surface area contributed by atoms with Gasteiger partial charge < -0.3 is 9.64 Å². The summed E-state index contributed by atoms with van der Waals surface area (Å²) in [6, 6.07) is 11.9. The number of nitrogens with zero attached hydrogens (tertiary/aromatic N) is 4. The van der Waals surface area contributed by atoms with Crippen LogP contribution in [-0.4, -0.2) is 52.9 Å². The average Bonchev–Trinajstić information content (AvgIpc) is 3.11. The van der Waals surface area contributed by atoms with Crippen molar-refractivity contribution in [3.8, 4) is 11.3 Å². The Morgan fingerprint density at radius 1 is 1.26 bits per heavy atom. The molecular formula is C21H26N4O2. The number of aromatic nitrogens is 3. The normalized spacial score (nSPS) is 11.3. The van der Waals surface area contributed by atoms with Gasteiger partial charge in [0.25, 0.3) is 5.91 Å². The van der Waals surface area contributed by atoms with Crippen molar-refractivity contribution in [2.24, 2.45) is 0 Å². The smallest absolute Gasteiger partial charge is 0.254 e. The quantitative estimate of drug-likeness (QED) is 0.597. The van der Waals surface area contributed by atoms with Gasteiger partial charge in [-0.1, -0.05) is 30.3 Å². The maximum absolute atomic E-state index is 13.1. The second kappa shape index (κ2) is 8.31. The van der Waals surface area contributed by atoms with Gasteiger partial charge in [0, 0.05) is 38.9 Å². The minimum atomic E-state index is -0.0287. The number of amides is 1. The molecule has 0 fully saturated rings. The number of methoxy groups -OCH3 is 1. The number of fused-ring (bicyclic) bond motifs is 1. The number of hydrogen-bond donors (Lipinski definition) is 0. The number of carbonyl (C=O) groups is 1. The van der Waals surface area contributed by atoms with E-state index < -0.39 is 0 Å². The van der Waals surface area contributed by atoms with Crippen molar-refractivity contribution in [3.05, 3.63) is 48.2 Å². The summed E-state index contributed by atoms with van der Waals surface area (Å²) in [5, 5.41) is 5.26. The fourth-order valence-electron chi connectivity index (χ4n) is 3.08. The third kappa shape index (κ3) is 4.01. The molecule has 0 radical (unpaired) electrons. The number of carbonyl (C=O) groups excluding carboxylic acids is 1. The summed E-state index contributed by atoms with van der Waals surface area (Å²) in [5.41, 5.74) is 3.12. The molecule has 0 atom stereocenters. The Labute approximate surface area is 159 Å². The highest BCUT2D eigenvalue weighted by atomic mass is 16.5. The molecule has 1 aromatic carbocycles. The van der Waals surface area contributed by atoms with Crippen LogP contribution in [0.4, 0.5) is 0 Å². The lowest BCUT2D eigenvalue weighted by molar-refractivity contribution is 0.0781. The first-order valence-electron chi connectivity index (χ1n) is 9.21. The van der Waals surface area contributed by atoms with Crippen molar-refractivity contribution in [3.63, 3.8) is 0 Å². The van der Waals surface area contributed by atoms with Gasteiger partial charge in [0.05, 0.1) is 22.8 Å². The molecule has 0 aliphatic heterocycles. The highest BCUT2D eigenvalue weighted by Gasteiger charge is 2.20. The molecule has 0 aliphatic carbocycles. The fraction of sp³-hybridized carbons (Fsp3) is 0.381. The third-order valence-corrected chi connectivity index (χ3v) is 4.54. The standard InChI is InChI=1S/C21H26N4O2/c1-15(2)25-20-18(14-22-25)17(21(26)24(3)11-8-12-27-4)13-19(23-20)16-9-6-5-7-10-16/h5-7,9-10,13-15H,8,11-12H2,1-4H3. The lowest BCUT2D eigenvalue weighted by Gasteiger charge is -2.18. The minimum Gasteiger partial charge on any atom is -0.385 e. The Kier molecular flexibility index (Phi) is 5.86. The number of hydrogen-bond acceptors (Lipinski definition) is 4. The molecule has 0 saturated heterocycles. The zero-order valence-electron chi connectivity index (χ0n) is 16.3. The fourth-order valence-corrected chi connectivity index (χ4v) is 3.08. The summed E-state index contributed by atoms with van der Waals surface area (Å²) < 4.78 is 6.96. The van der Waals surface area contributed by atoms with Gasteiger partial charge in [-0.3, -0.25) is 4.79 Å². The first kappa shape index (κ1) is 19.0. The Hall–Kier alpha value is -2.73. The van der Waals surface area contributed by atoms with Gasteiger partial charge in [-0.15, -0.1) is 0 Å². The van der Waals surface area contributed by atoms with Gasteiger partial charge in [0.2, 0.25) is 0 Å². The molecule has 1 amide bonds. The minimum absolute atomic E-state index is 0.0287. The van der Waals surface area contributed by atoms with E-state index in [1.165, 1.54) is 0 Å². The van der Waals surface area contributed by atoms with E-state index in [-0.39, 0.29) is 11.9 Å². The molecule has 0 aliphatic rings. The molecule has 6 nitrogen and oxygen atoms in total. The van der Waals surface area contributed by atoms with E-state index in [9.17, 15) is 4.79 Å². The van der Waals surface area contributed by atoms with Crippen molar-refractivity contribution >= 4 is 16.9 Å². The van der Waals surface area contributed by atoms with Crippen LogP contribution < -0.4 is 0 Å². The van der Waals surface area contributed by atoms with E-state index in [0.717, 1.165) is 28.7 Å². The second-order valence-corrected chi connectivity index (χ2v) is 6.91. The lowest BCUT2D eigenvalue weighted by Crippen LogP contribution is -2.28. The van der Waals surface area contributed by atoms with E-state index in [0.29, 0.717) is 18.7 Å². The molecule has 0 unspecified atom stereocenters. The van der Waals surface area contributed by atoms with Crippen molar-refractivity contribution in [1.29, 1.82) is 0 Å². The highest BCUT2D eigenvalue weighted by Crippen LogP contribution is 2.27. The van der Waals surface area contributed by atoms with E-state index >= 15 is 0 Å². The first-order chi connectivity index (χ1) is 13.0. The molecule has 142 valence electrons. The van der Waals surface area contributed by atoms with Crippen LogP contribution in [0.25, 0.3) is 22.3 Å². The predicted molar refractivity (Wildman–Crippen MR) is 107 cm³/mol. The van der Waals surface area contributed by atoms with Gasteiger partial charge >= 0.3 is 0 Å². The molecule has 2 heterocycles. The average molecular weight is 366 g/mol. The van der Waals surface area contributed by atoms with Crippen LogP contribution in [0.3, 0.4) is 0 Å². The molecule has 6 heteroatoms. The van der Waals surface area contributed by atoms with Gasteiger partial charge in [-0.25, -0.2) is 9.67 Å². The van der Waals surface area contributed by atoms with Crippen molar-refractivity contribution < 1.29 is 9.53 Å². The van der Waals surface area contributed by atoms with Crippen molar-refractivity contribution in [1.82, 2.24) is 19.7 Å². The van der Waals surface area contributed by atoms with Crippen LogP contribution >= 0.6 is 0 Å². The van der Waals surface area contributed by atoms with E-state index in [4.69, 9.17) is 9.72 Å². The lowest BCUT2D eigenvalue weighted by atomic mass is 10.1. The van der Waals surface area contributed by atoms with Crippen LogP contribution in [0.15, 0.2) is 42.6 Å². The summed E-state index contributed by atoms with van der Waals surface area (Å²) in [4.78, 5) is 19.7. The summed E-state index contributed by atoms with van der Waals surface area (Å²) in [6.07, 6.45) is 2.54. The molecule has 0 saturated carbocycles. The Bertz CT molecular complexity index is 919. The van der Waals surface area contributed by atoms with Gasteiger partial charge in [-0.2, -0.15) is 5.10 Å². The van der Waals surface area contributed by atoms with Crippen LogP contribution in [0.2, 0.25) is 0 Å². The van der Waals surface area contributed by atoms with Gasteiger partial charge in [-0.05, 0) is 26.3 Å². The number of ether oxygens (including phenoxy) is 1. The topological polar surface area (TPSA) is 60.2 Å². The van der Waals surface area contributed by atoms with Crippen LogP contribution in [-0.2, 0) is 4.74 Å². The zero-order chi connectivity index (χ0) is 19.4. The number of rotatable bonds is 7. The first-order valence-corrected chi connectivity index (χ1v) is 9.21. The molecule has 0 spiro atoms. The molecule has 3 aromatic rings. The van der Waals surface area contributed by atoms with Gasteiger partial charge in [0.1, 0.15) is 0 Å². The maximum Gasteiger partial charge on any atom is 0.254 e. The summed E-state index contributed by atoms with van der Waals surface area (Å²) >= 11 is 0. The maximum atomic E-state index is 13.1.